The van der Waals surface area contributed by atoms with Crippen LogP contribution in [0.3, 0.4) is 0 Å². The number of ether oxygens (including phenoxy) is 2. The second-order valence-corrected chi connectivity index (χ2v) is 16.0. The first-order valence-corrected chi connectivity index (χ1v) is 22.2. The number of phosphoric ester groups is 1. The number of aliphatic hydroxyl groups is 1. The van der Waals surface area contributed by atoms with E-state index < -0.39 is 46.4 Å². The van der Waals surface area contributed by atoms with Crippen LogP contribution in [0.15, 0.2) is 0 Å². The summed E-state index contributed by atoms with van der Waals surface area (Å²) in [5.41, 5.74) is 0. The highest BCUT2D eigenvalue weighted by atomic mass is 31.3. The van der Waals surface area contributed by atoms with E-state index >= 15 is 0 Å². The Morgan fingerprint density at radius 3 is 1.41 bits per heavy atom. The molecule has 4 N–H and O–H groups in total. The van der Waals surface area contributed by atoms with Gasteiger partial charge in [-0.05, 0) is 25.7 Å². The number of carbonyl (C=O) groups excluding carboxylic acids is 2. The normalized spacial score (nSPS) is 14.3. The first-order chi connectivity index (χ1) is 23.4. The maximum absolute atomic E-state index is 12.3. The molecule has 292 valence electrons. The van der Waals surface area contributed by atoms with Gasteiger partial charge in [-0.3, -0.25) is 14.1 Å². The Hall–Kier alpha value is -0.840. The Morgan fingerprint density at radius 1 is 0.551 bits per heavy atom. The van der Waals surface area contributed by atoms with E-state index in [0.717, 1.165) is 44.9 Å². The van der Waals surface area contributed by atoms with Crippen molar-refractivity contribution < 1.29 is 56.8 Å². The number of rotatable bonds is 36. The summed E-state index contributed by atoms with van der Waals surface area (Å²) in [6.07, 6.45) is 24.3. The van der Waals surface area contributed by atoms with Gasteiger partial charge in [-0.1, -0.05) is 149 Å². The molecule has 0 amide bonds. The van der Waals surface area contributed by atoms with Crippen LogP contribution in [0.1, 0.15) is 187 Å². The van der Waals surface area contributed by atoms with Crippen LogP contribution in [0.2, 0.25) is 0 Å². The third kappa shape index (κ3) is 34.0. The Morgan fingerprint density at radius 2 is 0.959 bits per heavy atom. The molecule has 0 heterocycles. The molecule has 3 atom stereocenters. The monoisotopic (exact) mass is 744 g/mol. The molecule has 0 radical (unpaired) electrons. The fourth-order valence-corrected chi connectivity index (χ4v) is 7.48. The summed E-state index contributed by atoms with van der Waals surface area (Å²) in [7, 11) is -10.3. The molecular weight excluding hydrogens is 674 g/mol. The largest absolute Gasteiger partial charge is 0.481 e. The molecule has 0 rings (SSSR count). The first-order valence-electron chi connectivity index (χ1n) is 19.2. The SMILES string of the molecule is CCCCCCCCCCCCCCCC(=O)OC(CO)COC(=O)CCCC(CCCCCCCCCCC)OP(=O)(O)OP(=O)(O)O. The van der Waals surface area contributed by atoms with Gasteiger partial charge < -0.3 is 29.3 Å². The molecule has 0 aromatic rings. The lowest BCUT2D eigenvalue weighted by Crippen LogP contribution is -2.28. The van der Waals surface area contributed by atoms with E-state index in [1.165, 1.54) is 83.5 Å². The van der Waals surface area contributed by atoms with Crippen LogP contribution in [0, 0.1) is 0 Å². The van der Waals surface area contributed by atoms with Gasteiger partial charge in [0.05, 0.1) is 12.7 Å². The lowest BCUT2D eigenvalue weighted by atomic mass is 10.0. The maximum atomic E-state index is 12.3. The standard InChI is InChI=1S/C35H70O12P2/c1-3-5-7-9-11-13-14-15-16-18-20-22-24-28-35(38)45-33(30-36)31-44-34(37)29-25-27-32(46-49(42,43)47-48(39,40)41)26-23-21-19-17-12-10-8-6-4-2/h32-33,36H,3-31H2,1-2H3,(H,42,43)(H2,39,40,41). The lowest BCUT2D eigenvalue weighted by Gasteiger charge is -2.21. The highest BCUT2D eigenvalue weighted by Gasteiger charge is 2.34. The van der Waals surface area contributed by atoms with Crippen molar-refractivity contribution in [2.45, 2.75) is 199 Å². The van der Waals surface area contributed by atoms with E-state index in [4.69, 9.17) is 23.8 Å². The van der Waals surface area contributed by atoms with Gasteiger partial charge in [-0.2, -0.15) is 4.31 Å². The van der Waals surface area contributed by atoms with Gasteiger partial charge in [0.25, 0.3) is 0 Å². The maximum Gasteiger partial charge on any atom is 0.481 e. The van der Waals surface area contributed by atoms with Gasteiger partial charge >= 0.3 is 27.6 Å². The lowest BCUT2D eigenvalue weighted by molar-refractivity contribution is -0.161. The molecule has 0 saturated carbocycles. The summed E-state index contributed by atoms with van der Waals surface area (Å²) >= 11 is 0. The van der Waals surface area contributed by atoms with Gasteiger partial charge in [0, 0.05) is 12.8 Å². The van der Waals surface area contributed by atoms with Crippen molar-refractivity contribution >= 4 is 27.6 Å². The van der Waals surface area contributed by atoms with E-state index in [1.807, 2.05) is 0 Å². The minimum atomic E-state index is -5.26. The van der Waals surface area contributed by atoms with Crippen molar-refractivity contribution in [3.05, 3.63) is 0 Å². The Labute approximate surface area is 296 Å². The van der Waals surface area contributed by atoms with Crippen LogP contribution < -0.4 is 0 Å². The number of hydrogen-bond donors (Lipinski definition) is 4. The van der Waals surface area contributed by atoms with Crippen molar-refractivity contribution in [1.29, 1.82) is 0 Å². The van der Waals surface area contributed by atoms with Crippen molar-refractivity contribution in [2.75, 3.05) is 13.2 Å². The molecule has 0 spiro atoms. The summed E-state index contributed by atoms with van der Waals surface area (Å²) in [4.78, 5) is 52.2. The fraction of sp³-hybridized carbons (Fsp3) is 0.943. The minimum absolute atomic E-state index is 0.0717. The summed E-state index contributed by atoms with van der Waals surface area (Å²) in [6, 6.07) is 0. The van der Waals surface area contributed by atoms with Crippen molar-refractivity contribution in [3.8, 4) is 0 Å². The molecule has 0 aromatic carbocycles. The molecule has 0 aliphatic heterocycles. The molecule has 0 aromatic heterocycles. The summed E-state index contributed by atoms with van der Waals surface area (Å²) in [5.74, 6) is -1.05. The van der Waals surface area contributed by atoms with E-state index in [2.05, 4.69) is 18.2 Å². The summed E-state index contributed by atoms with van der Waals surface area (Å²) < 4.78 is 42.7. The second kappa shape index (κ2) is 31.9. The highest BCUT2D eigenvalue weighted by Crippen LogP contribution is 2.58. The quantitative estimate of drug-likeness (QED) is 0.0271. The van der Waals surface area contributed by atoms with Crippen molar-refractivity contribution in [3.63, 3.8) is 0 Å². The Balaban J connectivity index is 4.30. The van der Waals surface area contributed by atoms with Crippen molar-refractivity contribution in [1.82, 2.24) is 0 Å². The molecule has 49 heavy (non-hydrogen) atoms. The average Bonchev–Trinajstić information content (AvgIpc) is 3.02. The second-order valence-electron chi connectivity index (χ2n) is 13.2. The Kier molecular flexibility index (Phi) is 31.3. The van der Waals surface area contributed by atoms with Gasteiger partial charge in [0.2, 0.25) is 0 Å². The predicted molar refractivity (Wildman–Crippen MR) is 192 cm³/mol. The molecular formula is C35H70O12P2. The highest BCUT2D eigenvalue weighted by molar-refractivity contribution is 7.60. The minimum Gasteiger partial charge on any atom is -0.462 e. The average molecular weight is 745 g/mol. The first kappa shape index (κ1) is 48.2. The van der Waals surface area contributed by atoms with E-state index in [9.17, 15) is 28.7 Å². The van der Waals surface area contributed by atoms with Gasteiger partial charge in [0.15, 0.2) is 6.10 Å². The number of hydrogen-bond acceptors (Lipinski definition) is 9. The number of esters is 2. The van der Waals surface area contributed by atoms with Crippen LogP contribution in [0.25, 0.3) is 0 Å². The van der Waals surface area contributed by atoms with Gasteiger partial charge in [-0.15, -0.1) is 0 Å². The zero-order valence-corrected chi connectivity index (χ0v) is 32.4. The summed E-state index contributed by atoms with van der Waals surface area (Å²) in [5, 5.41) is 9.59. The number of carbonyl (C=O) groups is 2. The number of unbranched alkanes of at least 4 members (excludes halogenated alkanes) is 20. The molecule has 14 heteroatoms. The van der Waals surface area contributed by atoms with Crippen LogP contribution in [-0.2, 0) is 37.0 Å². The number of aliphatic hydroxyl groups excluding tert-OH is 1. The molecule has 3 unspecified atom stereocenters. The molecule has 0 fully saturated rings. The zero-order chi connectivity index (χ0) is 36.6. The zero-order valence-electron chi connectivity index (χ0n) is 30.6. The number of phosphoric acid groups is 2. The van der Waals surface area contributed by atoms with Gasteiger partial charge in [-0.25, -0.2) is 9.13 Å². The van der Waals surface area contributed by atoms with Crippen LogP contribution >= 0.6 is 15.6 Å². The van der Waals surface area contributed by atoms with Gasteiger partial charge in [0.1, 0.15) is 6.61 Å². The third-order valence-corrected chi connectivity index (χ3v) is 10.7. The van der Waals surface area contributed by atoms with Crippen LogP contribution in [0.4, 0.5) is 0 Å². The predicted octanol–water partition coefficient (Wildman–Crippen LogP) is 9.60. The molecule has 0 aliphatic rings. The summed E-state index contributed by atoms with van der Waals surface area (Å²) in [6.45, 7) is 3.62. The third-order valence-electron chi connectivity index (χ3n) is 8.44. The van der Waals surface area contributed by atoms with E-state index in [-0.39, 0.29) is 32.3 Å². The molecule has 0 aliphatic carbocycles. The van der Waals surface area contributed by atoms with Crippen LogP contribution in [0.5, 0.6) is 0 Å². The molecule has 12 nitrogen and oxygen atoms in total. The Bertz CT molecular complexity index is 898. The fourth-order valence-electron chi connectivity index (χ4n) is 5.66. The molecule has 0 bridgehead atoms. The topological polar surface area (TPSA) is 186 Å². The molecule has 0 saturated heterocycles. The van der Waals surface area contributed by atoms with E-state index in [0.29, 0.717) is 19.3 Å². The van der Waals surface area contributed by atoms with Crippen LogP contribution in [-0.4, -0.2) is 57.1 Å². The van der Waals surface area contributed by atoms with Crippen molar-refractivity contribution in [2.24, 2.45) is 0 Å². The van der Waals surface area contributed by atoms with E-state index in [1.54, 1.807) is 0 Å². The smallest absolute Gasteiger partial charge is 0.462 e.